The number of esters is 1. The van der Waals surface area contributed by atoms with Crippen LogP contribution in [0.3, 0.4) is 0 Å². The van der Waals surface area contributed by atoms with Gasteiger partial charge in [0.25, 0.3) is 0 Å². The minimum absolute atomic E-state index is 0.207. The minimum atomic E-state index is -4.48. The Balaban J connectivity index is 2.03. The Hall–Kier alpha value is -1.53. The molecule has 3 rings (SSSR count). The van der Waals surface area contributed by atoms with Crippen LogP contribution in [0.15, 0.2) is 0 Å². The number of rotatable bonds is 3. The van der Waals surface area contributed by atoms with Crippen LogP contribution in [-0.4, -0.2) is 22.4 Å². The maximum atomic E-state index is 13.3. The molecule has 0 radical (unpaired) electrons. The predicted molar refractivity (Wildman–Crippen MR) is 67.7 cm³/mol. The van der Waals surface area contributed by atoms with E-state index in [0.29, 0.717) is 17.7 Å². The number of carbonyl (C=O) groups is 1. The van der Waals surface area contributed by atoms with Crippen LogP contribution in [0.5, 0.6) is 0 Å². The Morgan fingerprint density at radius 1 is 1.38 bits per heavy atom. The van der Waals surface area contributed by atoms with Gasteiger partial charge in [0.05, 0.1) is 6.61 Å². The lowest BCUT2D eigenvalue weighted by Gasteiger charge is -2.23. The highest BCUT2D eigenvalue weighted by atomic mass is 19.4. The lowest BCUT2D eigenvalue weighted by Crippen LogP contribution is -2.21. The van der Waals surface area contributed by atoms with Crippen LogP contribution in [0, 0.1) is 0 Å². The molecule has 1 heterocycles. The van der Waals surface area contributed by atoms with E-state index in [-0.39, 0.29) is 18.6 Å². The third-order valence-corrected chi connectivity index (χ3v) is 4.36. The molecule has 0 aromatic carbocycles. The van der Waals surface area contributed by atoms with Gasteiger partial charge in [0, 0.05) is 11.3 Å². The monoisotopic (exact) mass is 302 g/mol. The highest BCUT2D eigenvalue weighted by molar-refractivity contribution is 5.69. The van der Waals surface area contributed by atoms with Crippen LogP contribution >= 0.6 is 0 Å². The summed E-state index contributed by atoms with van der Waals surface area (Å²) < 4.78 is 45.8. The highest BCUT2D eigenvalue weighted by Gasteiger charge is 2.54. The standard InChI is InChI=1S/C14H17F3N2O2/c1-2-21-10(20)8-19-9-4-3-5-13(6-7-13)11(9)12(18-19)14(15,16)17/h2-8H2,1H3. The average molecular weight is 302 g/mol. The summed E-state index contributed by atoms with van der Waals surface area (Å²) in [5.41, 5.74) is -0.241. The van der Waals surface area contributed by atoms with Crippen molar-refractivity contribution < 1.29 is 22.7 Å². The minimum Gasteiger partial charge on any atom is -0.465 e. The van der Waals surface area contributed by atoms with E-state index < -0.39 is 17.8 Å². The summed E-state index contributed by atoms with van der Waals surface area (Å²) in [6.45, 7) is 1.62. The fourth-order valence-electron chi connectivity index (χ4n) is 3.34. The van der Waals surface area contributed by atoms with Crippen molar-refractivity contribution >= 4 is 5.97 Å². The van der Waals surface area contributed by atoms with Gasteiger partial charge in [0.2, 0.25) is 0 Å². The molecule has 7 heteroatoms. The quantitative estimate of drug-likeness (QED) is 0.806. The summed E-state index contributed by atoms with van der Waals surface area (Å²) in [5, 5.41) is 3.71. The second kappa shape index (κ2) is 4.74. The van der Waals surface area contributed by atoms with Crippen molar-refractivity contribution in [1.29, 1.82) is 0 Å². The molecule has 4 nitrogen and oxygen atoms in total. The summed E-state index contributed by atoms with van der Waals surface area (Å²) in [6.07, 6.45) is -0.730. The number of aromatic nitrogens is 2. The van der Waals surface area contributed by atoms with Crippen LogP contribution in [0.25, 0.3) is 0 Å². The first-order chi connectivity index (χ1) is 9.87. The van der Waals surface area contributed by atoms with E-state index in [1.54, 1.807) is 6.92 Å². The van der Waals surface area contributed by atoms with E-state index in [4.69, 9.17) is 4.74 Å². The van der Waals surface area contributed by atoms with Crippen molar-refractivity contribution in [3.63, 3.8) is 0 Å². The third kappa shape index (κ3) is 2.42. The Bertz CT molecular complexity index is 574. The third-order valence-electron chi connectivity index (χ3n) is 4.36. The molecule has 0 saturated heterocycles. The number of alkyl halides is 3. The van der Waals surface area contributed by atoms with Crippen molar-refractivity contribution in [1.82, 2.24) is 9.78 Å². The maximum Gasteiger partial charge on any atom is 0.435 e. The smallest absolute Gasteiger partial charge is 0.435 e. The van der Waals surface area contributed by atoms with Crippen molar-refractivity contribution in [3.8, 4) is 0 Å². The molecule has 0 N–H and O–H groups in total. The molecule has 0 aliphatic heterocycles. The molecule has 0 atom stereocenters. The Morgan fingerprint density at radius 3 is 2.67 bits per heavy atom. The SMILES string of the molecule is CCOC(=O)Cn1nc(C(F)(F)F)c2c1CCCC21CC1. The van der Waals surface area contributed by atoms with Gasteiger partial charge in [-0.05, 0) is 44.4 Å². The molecular weight excluding hydrogens is 285 g/mol. The van der Waals surface area contributed by atoms with E-state index in [2.05, 4.69) is 5.10 Å². The van der Waals surface area contributed by atoms with Gasteiger partial charge in [-0.2, -0.15) is 18.3 Å². The zero-order valence-corrected chi connectivity index (χ0v) is 11.8. The number of nitrogens with zero attached hydrogens (tertiary/aromatic N) is 2. The van der Waals surface area contributed by atoms with E-state index in [0.717, 1.165) is 25.7 Å². The summed E-state index contributed by atoms with van der Waals surface area (Å²) in [4.78, 5) is 11.6. The van der Waals surface area contributed by atoms with Crippen molar-refractivity contribution in [3.05, 3.63) is 17.0 Å². The molecule has 1 spiro atoms. The first kappa shape index (κ1) is 14.4. The molecule has 21 heavy (non-hydrogen) atoms. The van der Waals surface area contributed by atoms with E-state index >= 15 is 0 Å². The zero-order chi connectivity index (χ0) is 15.3. The van der Waals surface area contributed by atoms with Gasteiger partial charge in [-0.3, -0.25) is 9.48 Å². The molecule has 0 amide bonds. The lowest BCUT2D eigenvalue weighted by molar-refractivity contribution is -0.146. The van der Waals surface area contributed by atoms with Crippen LogP contribution in [-0.2, 0) is 34.1 Å². The highest BCUT2D eigenvalue weighted by Crippen LogP contribution is 2.58. The van der Waals surface area contributed by atoms with Gasteiger partial charge in [-0.15, -0.1) is 0 Å². The fraction of sp³-hybridized carbons (Fsp3) is 0.714. The van der Waals surface area contributed by atoms with Crippen LogP contribution in [0.2, 0.25) is 0 Å². The van der Waals surface area contributed by atoms with Gasteiger partial charge in [0.1, 0.15) is 6.54 Å². The molecule has 1 saturated carbocycles. The topological polar surface area (TPSA) is 44.1 Å². The largest absolute Gasteiger partial charge is 0.465 e. The van der Waals surface area contributed by atoms with E-state index in [1.807, 2.05) is 0 Å². The van der Waals surface area contributed by atoms with Crippen molar-refractivity contribution in [2.75, 3.05) is 6.61 Å². The summed E-state index contributed by atoms with van der Waals surface area (Å²) in [7, 11) is 0. The van der Waals surface area contributed by atoms with Crippen LogP contribution in [0.1, 0.15) is 49.6 Å². The van der Waals surface area contributed by atoms with Gasteiger partial charge < -0.3 is 4.74 Å². The summed E-state index contributed by atoms with van der Waals surface area (Å²) in [5.74, 6) is -0.549. The molecule has 1 aromatic rings. The first-order valence-corrected chi connectivity index (χ1v) is 7.20. The number of fused-ring (bicyclic) bond motifs is 2. The van der Waals surface area contributed by atoms with E-state index in [9.17, 15) is 18.0 Å². The molecule has 116 valence electrons. The summed E-state index contributed by atoms with van der Waals surface area (Å²) in [6, 6.07) is 0. The number of hydrogen-bond acceptors (Lipinski definition) is 3. The van der Waals surface area contributed by atoms with Crippen molar-refractivity contribution in [2.24, 2.45) is 0 Å². The van der Waals surface area contributed by atoms with Crippen molar-refractivity contribution in [2.45, 2.75) is 57.2 Å². The fourth-order valence-corrected chi connectivity index (χ4v) is 3.34. The molecule has 2 aliphatic carbocycles. The number of halogens is 3. The number of ether oxygens (including phenoxy) is 1. The molecule has 2 aliphatic rings. The van der Waals surface area contributed by atoms with Gasteiger partial charge in [0.15, 0.2) is 5.69 Å². The van der Waals surface area contributed by atoms with Gasteiger partial charge in [-0.25, -0.2) is 0 Å². The molecule has 0 unspecified atom stereocenters. The number of hydrogen-bond donors (Lipinski definition) is 0. The first-order valence-electron chi connectivity index (χ1n) is 7.20. The lowest BCUT2D eigenvalue weighted by atomic mass is 9.82. The van der Waals surface area contributed by atoms with Crippen LogP contribution in [0.4, 0.5) is 13.2 Å². The molecular formula is C14H17F3N2O2. The maximum absolute atomic E-state index is 13.3. The average Bonchev–Trinajstić information content (AvgIpc) is 3.03. The Labute approximate surface area is 120 Å². The normalized spacial score (nSPS) is 19.4. The van der Waals surface area contributed by atoms with Gasteiger partial charge >= 0.3 is 12.1 Å². The molecule has 1 aromatic heterocycles. The van der Waals surface area contributed by atoms with Gasteiger partial charge in [-0.1, -0.05) is 0 Å². The zero-order valence-electron chi connectivity index (χ0n) is 11.8. The Kier molecular flexibility index (Phi) is 3.26. The predicted octanol–water partition coefficient (Wildman–Crippen LogP) is 2.83. The molecule has 1 fully saturated rings. The number of carbonyl (C=O) groups excluding carboxylic acids is 1. The van der Waals surface area contributed by atoms with E-state index in [1.165, 1.54) is 4.68 Å². The van der Waals surface area contributed by atoms with Crippen LogP contribution < -0.4 is 0 Å². The second-order valence-corrected chi connectivity index (χ2v) is 5.76. The summed E-state index contributed by atoms with van der Waals surface area (Å²) >= 11 is 0. The Morgan fingerprint density at radius 2 is 2.10 bits per heavy atom. The second-order valence-electron chi connectivity index (χ2n) is 5.76. The molecule has 0 bridgehead atoms.